The molecule has 0 radical (unpaired) electrons. The Balaban J connectivity index is 2.67. The Morgan fingerprint density at radius 1 is 1.44 bits per heavy atom. The first-order valence-electron chi connectivity index (χ1n) is 5.77. The highest BCUT2D eigenvalue weighted by Gasteiger charge is 2.19. The summed E-state index contributed by atoms with van der Waals surface area (Å²) >= 11 is 4.92. The summed E-state index contributed by atoms with van der Waals surface area (Å²) in [6.07, 6.45) is 0.110. The van der Waals surface area contributed by atoms with Crippen molar-refractivity contribution in [2.45, 2.75) is 26.3 Å². The van der Waals surface area contributed by atoms with Crippen molar-refractivity contribution in [3.05, 3.63) is 29.8 Å². The summed E-state index contributed by atoms with van der Waals surface area (Å²) in [5, 5.41) is 12.4. The summed E-state index contributed by atoms with van der Waals surface area (Å²) in [5.41, 5.74) is 6.16. The van der Waals surface area contributed by atoms with Crippen molar-refractivity contribution >= 4 is 23.1 Å². The molecule has 0 bridgehead atoms. The number of amides is 1. The zero-order valence-corrected chi connectivity index (χ0v) is 11.3. The van der Waals surface area contributed by atoms with Crippen LogP contribution < -0.4 is 11.1 Å². The molecule has 0 heterocycles. The van der Waals surface area contributed by atoms with E-state index in [-0.39, 0.29) is 35.0 Å². The molecule has 1 aromatic rings. The van der Waals surface area contributed by atoms with E-state index < -0.39 is 0 Å². The second-order valence-electron chi connectivity index (χ2n) is 4.50. The van der Waals surface area contributed by atoms with Crippen LogP contribution in [0.5, 0.6) is 5.75 Å². The van der Waals surface area contributed by atoms with Gasteiger partial charge in [-0.25, -0.2) is 0 Å². The topological polar surface area (TPSA) is 75.3 Å². The predicted octanol–water partition coefficient (Wildman–Crippen LogP) is 1.36. The van der Waals surface area contributed by atoms with Gasteiger partial charge in [0.1, 0.15) is 5.75 Å². The molecule has 1 amide bonds. The molecule has 0 saturated carbocycles. The number of benzene rings is 1. The molecule has 98 valence electrons. The van der Waals surface area contributed by atoms with Crippen LogP contribution in [-0.2, 0) is 11.2 Å². The van der Waals surface area contributed by atoms with E-state index in [0.29, 0.717) is 5.56 Å². The fourth-order valence-corrected chi connectivity index (χ4v) is 1.96. The minimum absolute atomic E-state index is 0.110. The first-order chi connectivity index (χ1) is 8.41. The predicted molar refractivity (Wildman–Crippen MR) is 75.4 cm³/mol. The molecule has 0 saturated heterocycles. The van der Waals surface area contributed by atoms with Crippen LogP contribution in [0.2, 0.25) is 0 Å². The van der Waals surface area contributed by atoms with Gasteiger partial charge in [0.05, 0.1) is 17.5 Å². The van der Waals surface area contributed by atoms with Gasteiger partial charge in [-0.2, -0.15) is 0 Å². The van der Waals surface area contributed by atoms with Crippen molar-refractivity contribution in [1.29, 1.82) is 0 Å². The number of thiocarbonyl (C=S) groups is 1. The maximum Gasteiger partial charge on any atom is 0.225 e. The highest BCUT2D eigenvalue weighted by Crippen LogP contribution is 2.16. The number of carbonyl (C=O) groups is 1. The van der Waals surface area contributed by atoms with Crippen molar-refractivity contribution in [3.63, 3.8) is 0 Å². The van der Waals surface area contributed by atoms with Crippen LogP contribution in [0.25, 0.3) is 0 Å². The minimum atomic E-state index is -0.321. The summed E-state index contributed by atoms with van der Waals surface area (Å²) in [7, 11) is 0. The normalized spacial score (nSPS) is 12.2. The molecule has 0 spiro atoms. The molecular formula is C13H18N2O2S. The quantitative estimate of drug-likeness (QED) is 0.703. The number of phenols is 1. The van der Waals surface area contributed by atoms with Crippen molar-refractivity contribution in [2.24, 2.45) is 11.7 Å². The average molecular weight is 266 g/mol. The third-order valence-corrected chi connectivity index (χ3v) is 2.89. The first-order valence-corrected chi connectivity index (χ1v) is 6.18. The molecule has 0 fully saturated rings. The van der Waals surface area contributed by atoms with Crippen LogP contribution in [0, 0.1) is 5.92 Å². The maximum absolute atomic E-state index is 11.8. The Hall–Kier alpha value is -1.62. The number of nitrogens with two attached hydrogens (primary N) is 1. The zero-order chi connectivity index (χ0) is 13.7. The monoisotopic (exact) mass is 266 g/mol. The van der Waals surface area contributed by atoms with Crippen molar-refractivity contribution < 1.29 is 9.90 Å². The summed E-state index contributed by atoms with van der Waals surface area (Å²) < 4.78 is 0. The lowest BCUT2D eigenvalue weighted by Gasteiger charge is -2.21. The van der Waals surface area contributed by atoms with E-state index >= 15 is 0 Å². The van der Waals surface area contributed by atoms with Gasteiger partial charge < -0.3 is 16.2 Å². The maximum atomic E-state index is 11.8. The van der Waals surface area contributed by atoms with Crippen LogP contribution in [0.3, 0.4) is 0 Å². The van der Waals surface area contributed by atoms with Gasteiger partial charge in [0.15, 0.2) is 0 Å². The molecule has 18 heavy (non-hydrogen) atoms. The molecule has 1 aromatic carbocycles. The van der Waals surface area contributed by atoms with Crippen LogP contribution in [0.4, 0.5) is 0 Å². The smallest absolute Gasteiger partial charge is 0.225 e. The summed E-state index contributed by atoms with van der Waals surface area (Å²) in [4.78, 5) is 12.1. The summed E-state index contributed by atoms with van der Waals surface area (Å²) in [5.74, 6) is 0.0443. The van der Waals surface area contributed by atoms with Crippen LogP contribution in [0.15, 0.2) is 24.3 Å². The molecule has 1 atom stereocenters. The Morgan fingerprint density at radius 3 is 2.56 bits per heavy atom. The SMILES string of the molecule is CC(C)C(NC(=O)Cc1ccccc1O)C(N)=S. The molecular weight excluding hydrogens is 248 g/mol. The van der Waals surface area contributed by atoms with E-state index in [2.05, 4.69) is 5.32 Å². The van der Waals surface area contributed by atoms with Crippen LogP contribution in [-0.4, -0.2) is 22.0 Å². The molecule has 0 aromatic heterocycles. The lowest BCUT2D eigenvalue weighted by Crippen LogP contribution is -2.47. The molecule has 0 aliphatic heterocycles. The molecule has 4 nitrogen and oxygen atoms in total. The van der Waals surface area contributed by atoms with E-state index in [1.165, 1.54) is 0 Å². The molecule has 0 aliphatic carbocycles. The molecule has 4 N–H and O–H groups in total. The van der Waals surface area contributed by atoms with Crippen molar-refractivity contribution in [2.75, 3.05) is 0 Å². The van der Waals surface area contributed by atoms with E-state index in [1.807, 2.05) is 13.8 Å². The Labute approximate surface area is 112 Å². The van der Waals surface area contributed by atoms with E-state index in [4.69, 9.17) is 18.0 Å². The van der Waals surface area contributed by atoms with Gasteiger partial charge in [0.25, 0.3) is 0 Å². The Bertz CT molecular complexity index is 446. The lowest BCUT2D eigenvalue weighted by molar-refractivity contribution is -0.121. The Kier molecular flexibility index (Phi) is 5.09. The van der Waals surface area contributed by atoms with E-state index in [1.54, 1.807) is 24.3 Å². The lowest BCUT2D eigenvalue weighted by atomic mass is 10.0. The highest BCUT2D eigenvalue weighted by molar-refractivity contribution is 7.80. The molecule has 5 heteroatoms. The molecule has 1 rings (SSSR count). The molecule has 0 aliphatic rings. The average Bonchev–Trinajstić information content (AvgIpc) is 2.28. The zero-order valence-electron chi connectivity index (χ0n) is 10.5. The minimum Gasteiger partial charge on any atom is -0.508 e. The van der Waals surface area contributed by atoms with Gasteiger partial charge in [-0.05, 0) is 12.0 Å². The standard InChI is InChI=1S/C13H18N2O2S/c1-8(2)12(13(14)18)15-11(17)7-9-5-3-4-6-10(9)16/h3-6,8,12,16H,7H2,1-2H3,(H2,14,18)(H,15,17). The summed E-state index contributed by atoms with van der Waals surface area (Å²) in [6.45, 7) is 3.87. The van der Waals surface area contributed by atoms with Gasteiger partial charge in [-0.15, -0.1) is 0 Å². The number of nitrogens with one attached hydrogen (secondary N) is 1. The second kappa shape index (κ2) is 6.35. The number of phenolic OH excluding ortho intramolecular Hbond substituents is 1. The Morgan fingerprint density at radius 2 is 2.06 bits per heavy atom. The van der Waals surface area contributed by atoms with Gasteiger partial charge in [0.2, 0.25) is 5.91 Å². The number of hydrogen-bond acceptors (Lipinski definition) is 3. The van der Waals surface area contributed by atoms with Crippen LogP contribution in [0.1, 0.15) is 19.4 Å². The number of rotatable bonds is 5. The van der Waals surface area contributed by atoms with Gasteiger partial charge in [0, 0.05) is 5.56 Å². The first kappa shape index (κ1) is 14.4. The largest absolute Gasteiger partial charge is 0.508 e. The van der Waals surface area contributed by atoms with E-state index in [0.717, 1.165) is 0 Å². The number of para-hydroxylation sites is 1. The summed E-state index contributed by atoms with van der Waals surface area (Å²) in [6, 6.07) is 6.42. The van der Waals surface area contributed by atoms with Gasteiger partial charge in [-0.1, -0.05) is 44.3 Å². The highest BCUT2D eigenvalue weighted by atomic mass is 32.1. The second-order valence-corrected chi connectivity index (χ2v) is 4.97. The third-order valence-electron chi connectivity index (χ3n) is 2.63. The number of carbonyl (C=O) groups excluding carboxylic acids is 1. The fraction of sp³-hybridized carbons (Fsp3) is 0.385. The number of aromatic hydroxyl groups is 1. The van der Waals surface area contributed by atoms with Crippen molar-refractivity contribution in [1.82, 2.24) is 5.32 Å². The van der Waals surface area contributed by atoms with Crippen molar-refractivity contribution in [3.8, 4) is 5.75 Å². The van der Waals surface area contributed by atoms with Crippen LogP contribution >= 0.6 is 12.2 Å². The van der Waals surface area contributed by atoms with Gasteiger partial charge in [-0.3, -0.25) is 4.79 Å². The van der Waals surface area contributed by atoms with Gasteiger partial charge >= 0.3 is 0 Å². The third kappa shape index (κ3) is 4.00. The van der Waals surface area contributed by atoms with E-state index in [9.17, 15) is 9.90 Å². The molecule has 1 unspecified atom stereocenters. The fourth-order valence-electron chi connectivity index (χ4n) is 1.62. The number of hydrogen-bond donors (Lipinski definition) is 3.